The summed E-state index contributed by atoms with van der Waals surface area (Å²) in [5, 5.41) is 11.9. The molecule has 0 unspecified atom stereocenters. The monoisotopic (exact) mass is 289 g/mol. The number of ether oxygens (including phenoxy) is 1. The van der Waals surface area contributed by atoms with Gasteiger partial charge in [-0.3, -0.25) is 0 Å². The fourth-order valence-corrected chi connectivity index (χ4v) is 2.10. The lowest BCUT2D eigenvalue weighted by atomic mass is 10.1. The van der Waals surface area contributed by atoms with Gasteiger partial charge in [-0.2, -0.15) is 0 Å². The topological polar surface area (TPSA) is 58.6 Å². The van der Waals surface area contributed by atoms with Gasteiger partial charge < -0.3 is 15.2 Å². The summed E-state index contributed by atoms with van der Waals surface area (Å²) in [6.07, 6.45) is 0. The molecule has 2 rings (SSSR count). The summed E-state index contributed by atoms with van der Waals surface area (Å²) in [6, 6.07) is 1.04. The summed E-state index contributed by atoms with van der Waals surface area (Å²) in [5.41, 5.74) is -0.192. The number of nitrogens with one attached hydrogen (secondary N) is 1. The molecule has 0 aromatic heterocycles. The number of carboxylic acids is 1. The molecule has 0 radical (unpaired) electrons. The second-order valence-corrected chi connectivity index (χ2v) is 4.44. The molecular formula is C10H9BrFNO3. The first-order valence-corrected chi connectivity index (χ1v) is 5.44. The third-order valence-corrected chi connectivity index (χ3v) is 2.86. The summed E-state index contributed by atoms with van der Waals surface area (Å²) >= 11 is 3.14. The molecule has 86 valence electrons. The molecular weight excluding hydrogens is 281 g/mol. The number of benzene rings is 1. The Morgan fingerprint density at radius 2 is 2.44 bits per heavy atom. The Morgan fingerprint density at radius 3 is 3.06 bits per heavy atom. The summed E-state index contributed by atoms with van der Waals surface area (Å²) in [6.45, 7) is 2.24. The Bertz CT molecular complexity index is 464. The Balaban J connectivity index is 2.66. The number of carbonyl (C=O) groups is 1. The van der Waals surface area contributed by atoms with Gasteiger partial charge in [0.05, 0.1) is 16.2 Å². The van der Waals surface area contributed by atoms with Crippen LogP contribution in [0.2, 0.25) is 0 Å². The van der Waals surface area contributed by atoms with Crippen molar-refractivity contribution < 1.29 is 19.0 Å². The number of rotatable bonds is 1. The zero-order valence-electron chi connectivity index (χ0n) is 8.38. The lowest BCUT2D eigenvalue weighted by molar-refractivity contribution is 0.0692. The van der Waals surface area contributed by atoms with E-state index in [0.29, 0.717) is 16.8 Å². The van der Waals surface area contributed by atoms with Crippen LogP contribution < -0.4 is 10.1 Å². The maximum absolute atomic E-state index is 13.5. The predicted molar refractivity (Wildman–Crippen MR) is 59.6 cm³/mol. The van der Waals surface area contributed by atoms with Crippen molar-refractivity contribution in [2.75, 3.05) is 11.9 Å². The molecule has 0 aliphatic carbocycles. The van der Waals surface area contributed by atoms with Crippen molar-refractivity contribution in [3.8, 4) is 5.75 Å². The molecule has 1 aliphatic rings. The molecule has 0 saturated heterocycles. The van der Waals surface area contributed by atoms with E-state index in [1.807, 2.05) is 6.92 Å². The zero-order chi connectivity index (χ0) is 11.9. The molecule has 0 spiro atoms. The molecule has 6 heteroatoms. The van der Waals surface area contributed by atoms with Gasteiger partial charge in [-0.25, -0.2) is 9.18 Å². The standard InChI is InChI=1S/C10H9BrFNO3/c1-4-3-16-9-5(11)2-6(12)7(10(14)15)8(9)13-4/h2,4,13H,3H2,1H3,(H,14,15)/t4-/m0/s1. The Hall–Kier alpha value is -1.30. The molecule has 0 saturated carbocycles. The number of halogens is 2. The molecule has 1 atom stereocenters. The van der Waals surface area contributed by atoms with Crippen LogP contribution in [0.5, 0.6) is 5.75 Å². The molecule has 1 aliphatic heterocycles. The maximum atomic E-state index is 13.5. The Labute approximate surface area is 99.5 Å². The number of anilines is 1. The van der Waals surface area contributed by atoms with E-state index in [4.69, 9.17) is 9.84 Å². The van der Waals surface area contributed by atoms with E-state index >= 15 is 0 Å². The summed E-state index contributed by atoms with van der Waals surface area (Å²) in [7, 11) is 0. The van der Waals surface area contributed by atoms with Crippen molar-refractivity contribution in [3.63, 3.8) is 0 Å². The molecule has 0 fully saturated rings. The average molecular weight is 290 g/mol. The van der Waals surface area contributed by atoms with Crippen LogP contribution in [-0.2, 0) is 0 Å². The van der Waals surface area contributed by atoms with Gasteiger partial charge in [0.15, 0.2) is 5.75 Å². The number of aromatic carboxylic acids is 1. The molecule has 16 heavy (non-hydrogen) atoms. The highest BCUT2D eigenvalue weighted by Gasteiger charge is 2.27. The van der Waals surface area contributed by atoms with E-state index in [9.17, 15) is 9.18 Å². The summed E-state index contributed by atoms with van der Waals surface area (Å²) in [4.78, 5) is 11.0. The first-order chi connectivity index (χ1) is 7.50. The van der Waals surface area contributed by atoms with Crippen LogP contribution in [0.15, 0.2) is 10.5 Å². The highest BCUT2D eigenvalue weighted by Crippen LogP contribution is 2.40. The minimum atomic E-state index is -1.31. The van der Waals surface area contributed by atoms with Gasteiger partial charge in [-0.05, 0) is 28.9 Å². The number of fused-ring (bicyclic) bond motifs is 1. The molecule has 2 N–H and O–H groups in total. The second kappa shape index (κ2) is 3.93. The van der Waals surface area contributed by atoms with Crippen molar-refractivity contribution in [1.29, 1.82) is 0 Å². The average Bonchev–Trinajstić information content (AvgIpc) is 2.15. The van der Waals surface area contributed by atoms with Crippen molar-refractivity contribution in [3.05, 3.63) is 21.9 Å². The molecule has 1 aromatic carbocycles. The van der Waals surface area contributed by atoms with Gasteiger partial charge in [0.1, 0.15) is 18.0 Å². The van der Waals surface area contributed by atoms with E-state index in [1.54, 1.807) is 0 Å². The van der Waals surface area contributed by atoms with Crippen LogP contribution in [0.3, 0.4) is 0 Å². The smallest absolute Gasteiger partial charge is 0.340 e. The third kappa shape index (κ3) is 1.73. The fourth-order valence-electron chi connectivity index (χ4n) is 1.59. The van der Waals surface area contributed by atoms with Gasteiger partial charge in [0, 0.05) is 0 Å². The first kappa shape index (κ1) is 11.2. The quantitative estimate of drug-likeness (QED) is 0.834. The van der Waals surface area contributed by atoms with Crippen LogP contribution in [-0.4, -0.2) is 23.7 Å². The van der Waals surface area contributed by atoms with Crippen molar-refractivity contribution in [2.45, 2.75) is 13.0 Å². The minimum Gasteiger partial charge on any atom is -0.488 e. The highest BCUT2D eigenvalue weighted by molar-refractivity contribution is 9.10. The third-order valence-electron chi connectivity index (χ3n) is 2.27. The van der Waals surface area contributed by atoms with E-state index in [1.165, 1.54) is 0 Å². The lowest BCUT2D eigenvalue weighted by Gasteiger charge is -2.27. The Kier molecular flexibility index (Phi) is 2.75. The summed E-state index contributed by atoms with van der Waals surface area (Å²) in [5.74, 6) is -1.76. The highest BCUT2D eigenvalue weighted by atomic mass is 79.9. The van der Waals surface area contributed by atoms with Gasteiger partial charge in [0.25, 0.3) is 0 Å². The second-order valence-electron chi connectivity index (χ2n) is 3.58. The number of hydrogen-bond acceptors (Lipinski definition) is 3. The van der Waals surface area contributed by atoms with Gasteiger partial charge >= 0.3 is 5.97 Å². The lowest BCUT2D eigenvalue weighted by Crippen LogP contribution is -2.30. The van der Waals surface area contributed by atoms with Crippen LogP contribution in [0.4, 0.5) is 10.1 Å². The number of hydrogen-bond donors (Lipinski definition) is 2. The van der Waals surface area contributed by atoms with E-state index in [2.05, 4.69) is 21.2 Å². The van der Waals surface area contributed by atoms with Crippen LogP contribution in [0.25, 0.3) is 0 Å². The SMILES string of the molecule is C[C@H]1COc2c(Br)cc(F)c(C(=O)O)c2N1. The Morgan fingerprint density at radius 1 is 1.75 bits per heavy atom. The largest absolute Gasteiger partial charge is 0.488 e. The van der Waals surface area contributed by atoms with E-state index in [-0.39, 0.29) is 17.3 Å². The fraction of sp³-hybridized carbons (Fsp3) is 0.300. The predicted octanol–water partition coefficient (Wildman–Crippen LogP) is 2.48. The molecule has 1 heterocycles. The van der Waals surface area contributed by atoms with Gasteiger partial charge in [-0.1, -0.05) is 0 Å². The van der Waals surface area contributed by atoms with Gasteiger partial charge in [-0.15, -0.1) is 0 Å². The van der Waals surface area contributed by atoms with Crippen molar-refractivity contribution in [1.82, 2.24) is 0 Å². The van der Waals surface area contributed by atoms with E-state index in [0.717, 1.165) is 6.07 Å². The van der Waals surface area contributed by atoms with Crippen LogP contribution in [0, 0.1) is 5.82 Å². The van der Waals surface area contributed by atoms with E-state index < -0.39 is 11.8 Å². The molecule has 1 aromatic rings. The van der Waals surface area contributed by atoms with Crippen molar-refractivity contribution >= 4 is 27.6 Å². The summed E-state index contributed by atoms with van der Waals surface area (Å²) < 4.78 is 19.3. The molecule has 0 bridgehead atoms. The zero-order valence-corrected chi connectivity index (χ0v) is 9.97. The maximum Gasteiger partial charge on any atom is 0.340 e. The first-order valence-electron chi connectivity index (χ1n) is 4.65. The normalized spacial score (nSPS) is 18.3. The number of carboxylic acid groups (broad SMARTS) is 1. The molecule has 4 nitrogen and oxygen atoms in total. The minimum absolute atomic E-state index is 0.0562. The van der Waals surface area contributed by atoms with Gasteiger partial charge in [0.2, 0.25) is 0 Å². The van der Waals surface area contributed by atoms with Crippen LogP contribution >= 0.6 is 15.9 Å². The molecule has 0 amide bonds. The van der Waals surface area contributed by atoms with Crippen molar-refractivity contribution in [2.24, 2.45) is 0 Å². The van der Waals surface area contributed by atoms with Crippen LogP contribution in [0.1, 0.15) is 17.3 Å².